The van der Waals surface area contributed by atoms with E-state index in [2.05, 4.69) is 25.0 Å². The van der Waals surface area contributed by atoms with E-state index >= 15 is 0 Å². The molecule has 2 aliphatic heterocycles. The summed E-state index contributed by atoms with van der Waals surface area (Å²) in [6, 6.07) is 7.12. The lowest BCUT2D eigenvalue weighted by molar-refractivity contribution is -0.143. The lowest BCUT2D eigenvalue weighted by Gasteiger charge is -2.31. The van der Waals surface area contributed by atoms with Crippen LogP contribution in [0.15, 0.2) is 42.6 Å². The van der Waals surface area contributed by atoms with Gasteiger partial charge in [-0.2, -0.15) is 36.4 Å². The van der Waals surface area contributed by atoms with Gasteiger partial charge in [0.2, 0.25) is 5.88 Å². The van der Waals surface area contributed by atoms with Crippen LogP contribution in [0.5, 0.6) is 5.88 Å². The molecule has 2 atom stereocenters. The van der Waals surface area contributed by atoms with Gasteiger partial charge in [-0.1, -0.05) is 23.5 Å². The number of hydrogen-bond acceptors (Lipinski definition) is 6. The number of fused-ring (bicyclic) bond motifs is 3. The molecule has 0 aliphatic carbocycles. The number of benzene rings is 2. The molecule has 2 aromatic heterocycles. The molecule has 2 unspecified atom stereocenters. The largest absolute Gasteiger partial charge is 0.492 e. The maximum Gasteiger partial charge on any atom is 0.417 e. The van der Waals surface area contributed by atoms with Gasteiger partial charge in [0.05, 0.1) is 22.8 Å². The molecule has 4 heterocycles. The number of nitrogens with one attached hydrogen (secondary N) is 1. The first kappa shape index (κ1) is 25.7. The Labute approximate surface area is 222 Å². The van der Waals surface area contributed by atoms with E-state index in [1.807, 2.05) is 7.05 Å². The van der Waals surface area contributed by atoms with Gasteiger partial charge >= 0.3 is 12.4 Å². The summed E-state index contributed by atoms with van der Waals surface area (Å²) in [6.45, 7) is 1.55. The van der Waals surface area contributed by atoms with Gasteiger partial charge in [-0.3, -0.25) is 10.00 Å². The summed E-state index contributed by atoms with van der Waals surface area (Å²) in [6.07, 6.45) is -6.33. The van der Waals surface area contributed by atoms with Crippen LogP contribution in [0.25, 0.3) is 22.6 Å². The molecule has 2 saturated heterocycles. The number of alkyl halides is 6. The third kappa shape index (κ3) is 4.63. The molecular weight excluding hydrogens is 544 g/mol. The number of aromatic amines is 1. The molecule has 6 rings (SSSR count). The first-order chi connectivity index (χ1) is 18.4. The van der Waals surface area contributed by atoms with Crippen LogP contribution >= 0.6 is 11.3 Å². The Hall–Kier alpha value is -3.58. The molecule has 39 heavy (non-hydrogen) atoms. The number of H-pyrrole nitrogens is 1. The molecule has 2 bridgehead atoms. The van der Waals surface area contributed by atoms with Gasteiger partial charge < -0.3 is 10.0 Å². The Morgan fingerprint density at radius 3 is 2.51 bits per heavy atom. The van der Waals surface area contributed by atoms with Crippen LogP contribution < -0.4 is 4.90 Å². The van der Waals surface area contributed by atoms with Gasteiger partial charge in [-0.05, 0) is 54.9 Å². The van der Waals surface area contributed by atoms with E-state index < -0.39 is 29.0 Å². The fraction of sp³-hybridized carbons (Fsp3) is 0.308. The maximum atomic E-state index is 14.0. The topological polar surface area (TPSA) is 68.3 Å². The van der Waals surface area contributed by atoms with Crippen LogP contribution in [0.2, 0.25) is 0 Å². The van der Waals surface area contributed by atoms with Gasteiger partial charge in [0, 0.05) is 36.1 Å². The van der Waals surface area contributed by atoms with E-state index in [0.29, 0.717) is 40.3 Å². The van der Waals surface area contributed by atoms with Crippen molar-refractivity contribution in [1.29, 1.82) is 0 Å². The summed E-state index contributed by atoms with van der Waals surface area (Å²) in [7, 11) is 2.04. The summed E-state index contributed by atoms with van der Waals surface area (Å²) < 4.78 is 81.6. The van der Waals surface area contributed by atoms with Crippen molar-refractivity contribution in [2.24, 2.45) is 0 Å². The minimum Gasteiger partial charge on any atom is -0.492 e. The average molecular weight is 566 g/mol. The second-order valence-electron chi connectivity index (χ2n) is 9.81. The molecule has 0 saturated carbocycles. The lowest BCUT2D eigenvalue weighted by atomic mass is 9.96. The quantitative estimate of drug-likeness (QED) is 0.226. The number of aromatic hydroxyl groups is 1. The van der Waals surface area contributed by atoms with Crippen LogP contribution in [-0.4, -0.2) is 57.4 Å². The van der Waals surface area contributed by atoms with E-state index in [0.717, 1.165) is 36.4 Å². The van der Waals surface area contributed by atoms with Gasteiger partial charge in [-0.25, -0.2) is 0 Å². The van der Waals surface area contributed by atoms with Crippen molar-refractivity contribution in [1.82, 2.24) is 20.1 Å². The Bertz CT molecular complexity index is 1590. The minimum atomic E-state index is -5.05. The molecule has 13 heteroatoms. The number of rotatable bonds is 4. The van der Waals surface area contributed by atoms with Crippen LogP contribution in [0.1, 0.15) is 33.6 Å². The second-order valence-corrected chi connectivity index (χ2v) is 10.8. The number of aromatic nitrogens is 3. The smallest absolute Gasteiger partial charge is 0.417 e. The molecule has 2 N–H and O–H groups in total. The number of halogens is 6. The van der Waals surface area contributed by atoms with Crippen molar-refractivity contribution >= 4 is 39.0 Å². The molecule has 0 spiro atoms. The van der Waals surface area contributed by atoms with Crippen LogP contribution in [0.3, 0.4) is 0 Å². The maximum absolute atomic E-state index is 14.0. The van der Waals surface area contributed by atoms with Crippen molar-refractivity contribution in [3.8, 4) is 5.88 Å². The Morgan fingerprint density at radius 2 is 1.85 bits per heavy atom. The number of likely N-dealkylation sites (N-methyl/N-ethyl adjacent to an activating group) is 1. The highest BCUT2D eigenvalue weighted by atomic mass is 32.1. The molecule has 2 fully saturated rings. The molecule has 2 aromatic carbocycles. The number of anilines is 1. The lowest BCUT2D eigenvalue weighted by Crippen LogP contribution is -2.44. The van der Waals surface area contributed by atoms with Crippen LogP contribution in [-0.2, 0) is 12.4 Å². The fourth-order valence-corrected chi connectivity index (χ4v) is 6.43. The van der Waals surface area contributed by atoms with Crippen molar-refractivity contribution in [2.45, 2.75) is 30.9 Å². The van der Waals surface area contributed by atoms with E-state index in [4.69, 9.17) is 0 Å². The van der Waals surface area contributed by atoms with Gasteiger partial charge in [0.1, 0.15) is 4.88 Å². The van der Waals surface area contributed by atoms with Gasteiger partial charge in [0.15, 0.2) is 5.13 Å². The van der Waals surface area contributed by atoms with Crippen LogP contribution in [0, 0.1) is 0 Å². The first-order valence-electron chi connectivity index (χ1n) is 12.0. The zero-order chi connectivity index (χ0) is 27.7. The predicted molar refractivity (Wildman–Crippen MR) is 135 cm³/mol. The fourth-order valence-electron chi connectivity index (χ4n) is 5.35. The first-order valence-corrected chi connectivity index (χ1v) is 12.8. The van der Waals surface area contributed by atoms with Crippen LogP contribution in [0.4, 0.5) is 31.5 Å². The van der Waals surface area contributed by atoms with Crippen molar-refractivity contribution in [2.75, 3.05) is 25.0 Å². The molecule has 4 aromatic rings. The highest BCUT2D eigenvalue weighted by Crippen LogP contribution is 2.45. The monoisotopic (exact) mass is 565 g/mol. The minimum absolute atomic E-state index is 0.109. The zero-order valence-corrected chi connectivity index (χ0v) is 21.1. The van der Waals surface area contributed by atoms with E-state index in [9.17, 15) is 31.4 Å². The summed E-state index contributed by atoms with van der Waals surface area (Å²) in [5, 5.41) is 18.9. The Morgan fingerprint density at radius 1 is 1.05 bits per heavy atom. The molecule has 0 amide bonds. The second kappa shape index (κ2) is 8.98. The number of piperazine rings is 1. The van der Waals surface area contributed by atoms with Gasteiger partial charge in [-0.15, -0.1) is 0 Å². The Balaban J connectivity index is 1.51. The standard InChI is InChI=1S/C26H21F6N5OS/c1-36-11-18-9-17(36)12-37(18)24-34-23(38)22(39-24)19(13-3-5-21-15(6-13)10-33-35-21)7-14-2-4-16(25(27,28)29)8-20(14)26(30,31)32/h2-8,10,17-18,38H,9,11-12H2,1H3,(H,33,35). The number of likely N-dealkylation sites (tertiary alicyclic amines) is 1. The van der Waals surface area contributed by atoms with E-state index in [1.54, 1.807) is 24.4 Å². The summed E-state index contributed by atoms with van der Waals surface area (Å²) in [5.41, 5.74) is -1.95. The van der Waals surface area contributed by atoms with Crippen molar-refractivity contribution in [3.05, 3.63) is 69.7 Å². The van der Waals surface area contributed by atoms with Gasteiger partial charge in [0.25, 0.3) is 0 Å². The Kier molecular flexibility index (Phi) is 5.92. The SMILES string of the molecule is CN1CC2CC1CN2c1nc(O)c(C(=Cc2ccc(C(F)(F)F)cc2C(F)(F)F)c2ccc3[nH]ncc3c2)s1. The molecule has 204 valence electrons. The molecule has 0 radical (unpaired) electrons. The third-order valence-corrected chi connectivity index (χ3v) is 8.45. The summed E-state index contributed by atoms with van der Waals surface area (Å²) in [4.78, 5) is 8.91. The molecule has 2 aliphatic rings. The van der Waals surface area contributed by atoms with Crippen molar-refractivity contribution < 1.29 is 31.4 Å². The van der Waals surface area contributed by atoms with E-state index in [-0.39, 0.29) is 28.4 Å². The van der Waals surface area contributed by atoms with E-state index in [1.165, 1.54) is 0 Å². The number of nitrogens with zero attached hydrogens (tertiary/aromatic N) is 4. The third-order valence-electron chi connectivity index (χ3n) is 7.34. The summed E-state index contributed by atoms with van der Waals surface area (Å²) in [5.74, 6) is -0.356. The molecular formula is C26H21F6N5OS. The highest BCUT2D eigenvalue weighted by Gasteiger charge is 2.43. The summed E-state index contributed by atoms with van der Waals surface area (Å²) >= 11 is 1.14. The number of thiazole rings is 1. The number of hydrogen-bond donors (Lipinski definition) is 2. The highest BCUT2D eigenvalue weighted by molar-refractivity contribution is 7.17. The molecule has 6 nitrogen and oxygen atoms in total. The zero-order valence-electron chi connectivity index (χ0n) is 20.3. The van der Waals surface area contributed by atoms with Crippen molar-refractivity contribution in [3.63, 3.8) is 0 Å². The predicted octanol–water partition coefficient (Wildman–Crippen LogP) is 6.24. The normalized spacial score (nSPS) is 20.5. The average Bonchev–Trinajstić information content (AvgIpc) is 3.64.